The Kier molecular flexibility index (Phi) is 4.68. The Balaban J connectivity index is 2.24. The molecular weight excluding hydrogens is 414 g/mol. The summed E-state index contributed by atoms with van der Waals surface area (Å²) in [5, 5.41) is 4.90. The third-order valence-corrected chi connectivity index (χ3v) is 4.95. The SMILES string of the molecule is NS(=O)(=O)c1cc(F)c(-c2ncccc2-c2cccc(Br)c2)cc1F. The van der Waals surface area contributed by atoms with E-state index in [2.05, 4.69) is 20.9 Å². The van der Waals surface area contributed by atoms with E-state index in [1.54, 1.807) is 24.3 Å². The first-order chi connectivity index (χ1) is 11.8. The molecule has 0 saturated carbocycles. The number of nitrogens with two attached hydrogens (primary N) is 1. The molecule has 0 aliphatic carbocycles. The number of sulfonamides is 1. The molecule has 0 aliphatic rings. The Morgan fingerprint density at radius 3 is 2.40 bits per heavy atom. The maximum absolute atomic E-state index is 14.5. The van der Waals surface area contributed by atoms with Gasteiger partial charge in [0.15, 0.2) is 0 Å². The summed E-state index contributed by atoms with van der Waals surface area (Å²) in [6.45, 7) is 0. The van der Waals surface area contributed by atoms with Gasteiger partial charge in [-0.2, -0.15) is 0 Å². The van der Waals surface area contributed by atoms with Gasteiger partial charge >= 0.3 is 0 Å². The van der Waals surface area contributed by atoms with E-state index in [9.17, 15) is 17.2 Å². The van der Waals surface area contributed by atoms with E-state index in [0.717, 1.165) is 16.1 Å². The van der Waals surface area contributed by atoms with Crippen LogP contribution in [0.3, 0.4) is 0 Å². The molecular formula is C17H11BrF2N2O2S. The fourth-order valence-electron chi connectivity index (χ4n) is 2.44. The molecule has 1 heterocycles. The standard InChI is InChI=1S/C17H11BrF2N2O2S/c18-11-4-1-3-10(7-11)12-5-2-6-22-17(12)13-8-15(20)16(9-14(13)19)25(21,23)24/h1-9H,(H2,21,23,24). The highest BCUT2D eigenvalue weighted by Gasteiger charge is 2.21. The molecule has 0 saturated heterocycles. The Morgan fingerprint density at radius 1 is 0.960 bits per heavy atom. The van der Waals surface area contributed by atoms with Crippen LogP contribution in [0.1, 0.15) is 0 Å². The van der Waals surface area contributed by atoms with Gasteiger partial charge in [0.05, 0.1) is 5.69 Å². The Labute approximate surface area is 151 Å². The lowest BCUT2D eigenvalue weighted by Gasteiger charge is -2.11. The number of nitrogens with zero attached hydrogens (tertiary/aromatic N) is 1. The maximum Gasteiger partial charge on any atom is 0.241 e. The van der Waals surface area contributed by atoms with Gasteiger partial charge in [-0.25, -0.2) is 22.3 Å². The minimum absolute atomic E-state index is 0.152. The minimum atomic E-state index is -4.36. The molecule has 4 nitrogen and oxygen atoms in total. The summed E-state index contributed by atoms with van der Waals surface area (Å²) >= 11 is 3.36. The second kappa shape index (κ2) is 6.62. The number of pyridine rings is 1. The number of halogens is 3. The van der Waals surface area contributed by atoms with Crippen molar-refractivity contribution >= 4 is 26.0 Å². The Bertz CT molecular complexity index is 1070. The third kappa shape index (κ3) is 3.60. The van der Waals surface area contributed by atoms with E-state index < -0.39 is 26.6 Å². The molecule has 0 aliphatic heterocycles. The predicted molar refractivity (Wildman–Crippen MR) is 94.1 cm³/mol. The number of primary sulfonamides is 1. The smallest absolute Gasteiger partial charge is 0.241 e. The zero-order chi connectivity index (χ0) is 18.2. The van der Waals surface area contributed by atoms with Crippen LogP contribution in [-0.4, -0.2) is 13.4 Å². The van der Waals surface area contributed by atoms with Crippen LogP contribution in [0.15, 0.2) is 64.1 Å². The quantitative estimate of drug-likeness (QED) is 0.687. The first-order valence-corrected chi connectivity index (χ1v) is 9.34. The molecule has 0 amide bonds. The molecule has 0 atom stereocenters. The van der Waals surface area contributed by atoms with E-state index in [-0.39, 0.29) is 11.3 Å². The van der Waals surface area contributed by atoms with Gasteiger partial charge in [-0.1, -0.05) is 34.1 Å². The molecule has 1 aromatic heterocycles. The van der Waals surface area contributed by atoms with Crippen molar-refractivity contribution in [3.63, 3.8) is 0 Å². The average molecular weight is 425 g/mol. The van der Waals surface area contributed by atoms with Crippen molar-refractivity contribution in [2.45, 2.75) is 4.90 Å². The summed E-state index contributed by atoms with van der Waals surface area (Å²) in [6.07, 6.45) is 1.45. The van der Waals surface area contributed by atoms with Crippen LogP contribution in [0.4, 0.5) is 8.78 Å². The molecule has 0 fully saturated rings. The normalized spacial score (nSPS) is 11.5. The van der Waals surface area contributed by atoms with Gasteiger partial charge in [-0.15, -0.1) is 0 Å². The van der Waals surface area contributed by atoms with Crippen LogP contribution in [-0.2, 0) is 10.0 Å². The van der Waals surface area contributed by atoms with Crippen molar-refractivity contribution < 1.29 is 17.2 Å². The van der Waals surface area contributed by atoms with Crippen LogP contribution in [0.25, 0.3) is 22.4 Å². The summed E-state index contributed by atoms with van der Waals surface area (Å²) in [4.78, 5) is 3.25. The van der Waals surface area contributed by atoms with Gasteiger partial charge in [0.1, 0.15) is 16.5 Å². The van der Waals surface area contributed by atoms with E-state index in [0.29, 0.717) is 11.6 Å². The Morgan fingerprint density at radius 2 is 1.72 bits per heavy atom. The summed E-state index contributed by atoms with van der Waals surface area (Å²) in [6, 6.07) is 12.0. The number of rotatable bonds is 3. The zero-order valence-electron chi connectivity index (χ0n) is 12.6. The highest BCUT2D eigenvalue weighted by Crippen LogP contribution is 2.34. The van der Waals surface area contributed by atoms with Gasteiger partial charge in [0.25, 0.3) is 0 Å². The van der Waals surface area contributed by atoms with E-state index in [1.807, 2.05) is 12.1 Å². The summed E-state index contributed by atoms with van der Waals surface area (Å²) in [5.74, 6) is -2.06. The lowest BCUT2D eigenvalue weighted by Crippen LogP contribution is -2.14. The zero-order valence-corrected chi connectivity index (χ0v) is 15.0. The number of hydrogen-bond donors (Lipinski definition) is 1. The van der Waals surface area contributed by atoms with E-state index in [1.165, 1.54) is 6.20 Å². The third-order valence-electron chi connectivity index (χ3n) is 3.53. The van der Waals surface area contributed by atoms with Crippen LogP contribution in [0, 0.1) is 11.6 Å². The van der Waals surface area contributed by atoms with Gasteiger partial charge in [-0.3, -0.25) is 4.98 Å². The lowest BCUT2D eigenvalue weighted by molar-refractivity contribution is 0.555. The van der Waals surface area contributed by atoms with Crippen LogP contribution in [0.5, 0.6) is 0 Å². The molecule has 2 aromatic carbocycles. The highest BCUT2D eigenvalue weighted by molar-refractivity contribution is 9.10. The molecule has 0 unspecified atom stereocenters. The van der Waals surface area contributed by atoms with Gasteiger partial charge < -0.3 is 0 Å². The fraction of sp³-hybridized carbons (Fsp3) is 0. The first kappa shape index (κ1) is 17.7. The first-order valence-electron chi connectivity index (χ1n) is 7.00. The fourth-order valence-corrected chi connectivity index (χ4v) is 3.43. The molecule has 8 heteroatoms. The topological polar surface area (TPSA) is 73.1 Å². The van der Waals surface area contributed by atoms with Crippen molar-refractivity contribution in [3.05, 3.63) is 70.8 Å². The summed E-state index contributed by atoms with van der Waals surface area (Å²) in [7, 11) is -4.36. The highest BCUT2D eigenvalue weighted by atomic mass is 79.9. The molecule has 128 valence electrons. The largest absolute Gasteiger partial charge is 0.255 e. The van der Waals surface area contributed by atoms with Crippen molar-refractivity contribution in [3.8, 4) is 22.4 Å². The second-order valence-electron chi connectivity index (χ2n) is 5.22. The van der Waals surface area contributed by atoms with Gasteiger partial charge in [0.2, 0.25) is 10.0 Å². The number of aromatic nitrogens is 1. The molecule has 0 radical (unpaired) electrons. The van der Waals surface area contributed by atoms with Crippen molar-refractivity contribution in [1.82, 2.24) is 4.98 Å². The monoisotopic (exact) mass is 424 g/mol. The van der Waals surface area contributed by atoms with Crippen molar-refractivity contribution in [2.24, 2.45) is 5.14 Å². The molecule has 0 bridgehead atoms. The van der Waals surface area contributed by atoms with Crippen LogP contribution < -0.4 is 5.14 Å². The van der Waals surface area contributed by atoms with Crippen LogP contribution >= 0.6 is 15.9 Å². The molecule has 3 aromatic rings. The van der Waals surface area contributed by atoms with Crippen LogP contribution in [0.2, 0.25) is 0 Å². The molecule has 2 N–H and O–H groups in total. The number of hydrogen-bond acceptors (Lipinski definition) is 3. The van der Waals surface area contributed by atoms with Crippen molar-refractivity contribution in [1.29, 1.82) is 0 Å². The average Bonchev–Trinajstić information content (AvgIpc) is 2.55. The van der Waals surface area contributed by atoms with Gasteiger partial charge in [0, 0.05) is 21.8 Å². The molecule has 25 heavy (non-hydrogen) atoms. The van der Waals surface area contributed by atoms with E-state index in [4.69, 9.17) is 5.14 Å². The van der Waals surface area contributed by atoms with E-state index >= 15 is 0 Å². The van der Waals surface area contributed by atoms with Crippen molar-refractivity contribution in [2.75, 3.05) is 0 Å². The molecule has 3 rings (SSSR count). The Hall–Kier alpha value is -2.16. The van der Waals surface area contributed by atoms with Gasteiger partial charge in [-0.05, 0) is 35.9 Å². The second-order valence-corrected chi connectivity index (χ2v) is 7.66. The molecule has 0 spiro atoms. The summed E-state index contributed by atoms with van der Waals surface area (Å²) in [5.41, 5.74) is 1.36. The lowest BCUT2D eigenvalue weighted by atomic mass is 9.99. The number of benzene rings is 2. The predicted octanol–water partition coefficient (Wildman–Crippen LogP) is 4.10. The minimum Gasteiger partial charge on any atom is -0.255 e. The maximum atomic E-state index is 14.5. The summed E-state index contributed by atoms with van der Waals surface area (Å²) < 4.78 is 52.1.